The third kappa shape index (κ3) is 3.41. The maximum atomic E-state index is 13.4. The summed E-state index contributed by atoms with van der Waals surface area (Å²) in [7, 11) is 0. The van der Waals surface area contributed by atoms with Gasteiger partial charge in [-0.15, -0.1) is 0 Å². The summed E-state index contributed by atoms with van der Waals surface area (Å²) in [5, 5.41) is 27.6. The molecule has 2 amide bonds. The Labute approximate surface area is 187 Å². The van der Waals surface area contributed by atoms with E-state index in [1.165, 1.54) is 0 Å². The monoisotopic (exact) mass is 435 g/mol. The van der Waals surface area contributed by atoms with Gasteiger partial charge < -0.3 is 25.7 Å². The van der Waals surface area contributed by atoms with Gasteiger partial charge in [0.25, 0.3) is 5.91 Å². The van der Waals surface area contributed by atoms with E-state index in [0.29, 0.717) is 24.9 Å². The van der Waals surface area contributed by atoms with Crippen LogP contribution in [0.15, 0.2) is 36.4 Å². The summed E-state index contributed by atoms with van der Waals surface area (Å²) in [6.45, 7) is 3.33. The Balaban J connectivity index is 1.53. The first kappa shape index (κ1) is 20.8. The first-order valence-electron chi connectivity index (χ1n) is 11.4. The minimum Gasteiger partial charge on any atom is -0.504 e. The van der Waals surface area contributed by atoms with Crippen molar-refractivity contribution < 1.29 is 19.8 Å². The lowest BCUT2D eigenvalue weighted by Crippen LogP contribution is -2.58. The van der Waals surface area contributed by atoms with Crippen LogP contribution in [-0.4, -0.2) is 46.1 Å². The van der Waals surface area contributed by atoms with Crippen LogP contribution in [0.4, 0.5) is 0 Å². The molecule has 4 atom stereocenters. The summed E-state index contributed by atoms with van der Waals surface area (Å²) in [6, 6.07) is 10.6. The molecular formula is C25H29N3O4. The molecule has 7 heteroatoms. The van der Waals surface area contributed by atoms with Crippen LogP contribution < -0.4 is 10.6 Å². The van der Waals surface area contributed by atoms with Gasteiger partial charge in [0, 0.05) is 12.6 Å². The van der Waals surface area contributed by atoms with Crippen molar-refractivity contribution in [2.24, 2.45) is 5.92 Å². The molecule has 0 saturated carbocycles. The molecule has 2 aromatic rings. The predicted octanol–water partition coefficient (Wildman–Crippen LogP) is 2.79. The van der Waals surface area contributed by atoms with Crippen molar-refractivity contribution in [1.82, 2.24) is 15.5 Å². The minimum atomic E-state index is -0.445. The average Bonchev–Trinajstić information content (AvgIpc) is 2.80. The highest BCUT2D eigenvalue weighted by atomic mass is 16.3. The molecule has 3 aliphatic heterocycles. The number of hydrogen-bond acceptors (Lipinski definition) is 5. The molecular weight excluding hydrogens is 406 g/mol. The SMILES string of the molecule is C[C@@H](NC(=O)c1c(O)c(O)cc2c1[C@H]1C[C@H]3NCCC[C@H]3C(=O)N1CC2)c1ccccc1. The Hall–Kier alpha value is -3.06. The van der Waals surface area contributed by atoms with Gasteiger partial charge >= 0.3 is 0 Å². The van der Waals surface area contributed by atoms with Gasteiger partial charge in [0.1, 0.15) is 0 Å². The van der Waals surface area contributed by atoms with E-state index in [0.717, 1.165) is 30.5 Å². The molecule has 3 heterocycles. The Bertz CT molecular complexity index is 1050. The third-order valence-corrected chi connectivity index (χ3v) is 7.27. The minimum absolute atomic E-state index is 0.0253. The van der Waals surface area contributed by atoms with Crippen molar-refractivity contribution in [3.05, 3.63) is 58.7 Å². The standard InChI is InChI=1S/C25H29N3O4/c1-14(15-6-3-2-4-7-15)27-24(31)22-21-16(12-20(29)23(22)30)9-11-28-19(21)13-18-17(25(28)32)8-5-10-26-18/h2-4,6-7,12,14,17-19,26,29-30H,5,8-11,13H2,1H3,(H,27,31)/t14-,17-,18-,19-/m1/s1. The van der Waals surface area contributed by atoms with Gasteiger partial charge in [0.15, 0.2) is 11.5 Å². The molecule has 168 valence electrons. The lowest BCUT2D eigenvalue weighted by Gasteiger charge is -2.48. The van der Waals surface area contributed by atoms with E-state index >= 15 is 0 Å². The molecule has 2 fully saturated rings. The first-order chi connectivity index (χ1) is 15.5. The normalized spacial score (nSPS) is 25.3. The van der Waals surface area contributed by atoms with Gasteiger partial charge in [0.2, 0.25) is 5.91 Å². The molecule has 0 aromatic heterocycles. The van der Waals surface area contributed by atoms with Crippen molar-refractivity contribution in [3.63, 3.8) is 0 Å². The summed E-state index contributed by atoms with van der Waals surface area (Å²) >= 11 is 0. The maximum absolute atomic E-state index is 13.4. The lowest BCUT2D eigenvalue weighted by molar-refractivity contribution is -0.145. The summed E-state index contributed by atoms with van der Waals surface area (Å²) in [4.78, 5) is 28.6. The third-order valence-electron chi connectivity index (χ3n) is 7.27. The average molecular weight is 436 g/mol. The molecule has 0 radical (unpaired) electrons. The second-order valence-electron chi connectivity index (χ2n) is 9.14. The van der Waals surface area contributed by atoms with E-state index in [9.17, 15) is 19.8 Å². The number of nitrogens with one attached hydrogen (secondary N) is 2. The van der Waals surface area contributed by atoms with Crippen LogP contribution in [-0.2, 0) is 11.2 Å². The highest BCUT2D eigenvalue weighted by Crippen LogP contribution is 2.46. The van der Waals surface area contributed by atoms with E-state index in [2.05, 4.69) is 10.6 Å². The van der Waals surface area contributed by atoms with Crippen molar-refractivity contribution in [1.29, 1.82) is 0 Å². The second kappa shape index (κ2) is 8.13. The number of rotatable bonds is 3. The van der Waals surface area contributed by atoms with Crippen LogP contribution in [0.2, 0.25) is 0 Å². The van der Waals surface area contributed by atoms with E-state index < -0.39 is 11.7 Å². The number of amides is 2. The highest BCUT2D eigenvalue weighted by molar-refractivity contribution is 6.00. The zero-order valence-corrected chi connectivity index (χ0v) is 18.2. The summed E-state index contributed by atoms with van der Waals surface area (Å²) in [5.41, 5.74) is 2.52. The zero-order chi connectivity index (χ0) is 22.4. The lowest BCUT2D eigenvalue weighted by atomic mass is 9.75. The zero-order valence-electron chi connectivity index (χ0n) is 18.2. The number of benzene rings is 2. The molecule has 0 aliphatic carbocycles. The number of hydrogen-bond donors (Lipinski definition) is 4. The van der Waals surface area contributed by atoms with E-state index in [1.54, 1.807) is 6.07 Å². The Morgan fingerprint density at radius 2 is 2.03 bits per heavy atom. The molecule has 7 nitrogen and oxygen atoms in total. The number of fused-ring (bicyclic) bond motifs is 4. The van der Waals surface area contributed by atoms with Gasteiger partial charge in [-0.2, -0.15) is 0 Å². The Kier molecular flexibility index (Phi) is 5.29. The van der Waals surface area contributed by atoms with Gasteiger partial charge in [-0.1, -0.05) is 30.3 Å². The number of phenolic OH excluding ortho intramolecular Hbond substituents is 2. The Morgan fingerprint density at radius 3 is 2.81 bits per heavy atom. The summed E-state index contributed by atoms with van der Waals surface area (Å²) in [5.74, 6) is -1.07. The number of piperidine rings is 2. The number of nitrogens with zero attached hydrogens (tertiary/aromatic N) is 1. The molecule has 3 aliphatic rings. The van der Waals surface area contributed by atoms with Crippen LogP contribution in [0.25, 0.3) is 0 Å². The predicted molar refractivity (Wildman–Crippen MR) is 119 cm³/mol. The largest absolute Gasteiger partial charge is 0.504 e. The van der Waals surface area contributed by atoms with Crippen molar-refractivity contribution >= 4 is 11.8 Å². The first-order valence-corrected chi connectivity index (χ1v) is 11.4. The molecule has 2 saturated heterocycles. The smallest absolute Gasteiger partial charge is 0.256 e. The molecule has 32 heavy (non-hydrogen) atoms. The van der Waals surface area contributed by atoms with E-state index in [-0.39, 0.29) is 41.3 Å². The van der Waals surface area contributed by atoms with Gasteiger partial charge in [0.05, 0.1) is 23.6 Å². The van der Waals surface area contributed by atoms with Crippen molar-refractivity contribution in [3.8, 4) is 11.5 Å². The van der Waals surface area contributed by atoms with Crippen molar-refractivity contribution in [2.75, 3.05) is 13.1 Å². The molecule has 0 spiro atoms. The summed E-state index contributed by atoms with van der Waals surface area (Å²) < 4.78 is 0. The molecule has 5 rings (SSSR count). The van der Waals surface area contributed by atoms with Crippen LogP contribution in [0.5, 0.6) is 11.5 Å². The number of aromatic hydroxyl groups is 2. The summed E-state index contributed by atoms with van der Waals surface area (Å²) in [6.07, 6.45) is 3.11. The fourth-order valence-electron chi connectivity index (χ4n) is 5.65. The van der Waals surface area contributed by atoms with Gasteiger partial charge in [-0.3, -0.25) is 9.59 Å². The molecule has 2 aromatic carbocycles. The van der Waals surface area contributed by atoms with Crippen LogP contribution in [0, 0.1) is 5.92 Å². The number of carbonyl (C=O) groups excluding carboxylic acids is 2. The van der Waals surface area contributed by atoms with Crippen LogP contribution >= 0.6 is 0 Å². The second-order valence-corrected chi connectivity index (χ2v) is 9.14. The molecule has 0 bridgehead atoms. The molecule has 0 unspecified atom stereocenters. The fraction of sp³-hybridized carbons (Fsp3) is 0.440. The number of phenols is 2. The van der Waals surface area contributed by atoms with Gasteiger partial charge in [-0.25, -0.2) is 0 Å². The Morgan fingerprint density at radius 1 is 1.25 bits per heavy atom. The van der Waals surface area contributed by atoms with Crippen LogP contribution in [0.3, 0.4) is 0 Å². The maximum Gasteiger partial charge on any atom is 0.256 e. The topological polar surface area (TPSA) is 102 Å². The van der Waals surface area contributed by atoms with E-state index in [4.69, 9.17) is 0 Å². The van der Waals surface area contributed by atoms with E-state index in [1.807, 2.05) is 42.2 Å². The quantitative estimate of drug-likeness (QED) is 0.556. The molecule has 4 N–H and O–H groups in total. The highest BCUT2D eigenvalue weighted by Gasteiger charge is 2.46. The van der Waals surface area contributed by atoms with Gasteiger partial charge in [-0.05, 0) is 61.9 Å². The van der Waals surface area contributed by atoms with Crippen LogP contribution in [0.1, 0.15) is 65.3 Å². The fourth-order valence-corrected chi connectivity index (χ4v) is 5.65. The van der Waals surface area contributed by atoms with Crippen molar-refractivity contribution in [2.45, 2.75) is 50.7 Å². The number of carbonyl (C=O) groups is 2.